The van der Waals surface area contributed by atoms with E-state index in [-0.39, 0.29) is 6.54 Å². The van der Waals surface area contributed by atoms with Crippen molar-refractivity contribution in [3.8, 4) is 0 Å². The summed E-state index contributed by atoms with van der Waals surface area (Å²) in [6.07, 6.45) is 1.06. The molecule has 26 heavy (non-hydrogen) atoms. The highest BCUT2D eigenvalue weighted by Gasteiger charge is 2.23. The first kappa shape index (κ1) is 19.5. The van der Waals surface area contributed by atoms with Gasteiger partial charge in [0.2, 0.25) is 21.8 Å². The third-order valence-electron chi connectivity index (χ3n) is 3.83. The summed E-state index contributed by atoms with van der Waals surface area (Å²) in [5.74, 6) is -1.06. The molecule has 0 saturated carbocycles. The van der Waals surface area contributed by atoms with E-state index < -0.39 is 21.8 Å². The predicted octanol–water partition coefficient (Wildman–Crippen LogP) is 1.81. The Kier molecular flexibility index (Phi) is 5.66. The first-order chi connectivity index (χ1) is 12.1. The van der Waals surface area contributed by atoms with Crippen molar-refractivity contribution in [2.45, 2.75) is 13.8 Å². The SMILES string of the molecule is Cc1cccc(C)c1N(CC(=O)Nc1ccc(C(N)=O)cc1)S(C)(=O)=O. The van der Waals surface area contributed by atoms with E-state index in [0.717, 1.165) is 21.7 Å². The van der Waals surface area contributed by atoms with E-state index in [2.05, 4.69) is 5.32 Å². The summed E-state index contributed by atoms with van der Waals surface area (Å²) in [7, 11) is -3.66. The molecule has 0 bridgehead atoms. The molecule has 0 aromatic heterocycles. The van der Waals surface area contributed by atoms with E-state index in [1.807, 2.05) is 6.07 Å². The van der Waals surface area contributed by atoms with Crippen molar-refractivity contribution in [3.05, 3.63) is 59.2 Å². The molecule has 0 unspecified atom stereocenters. The van der Waals surface area contributed by atoms with E-state index in [0.29, 0.717) is 16.9 Å². The van der Waals surface area contributed by atoms with Gasteiger partial charge in [0.1, 0.15) is 6.54 Å². The number of hydrogen-bond acceptors (Lipinski definition) is 4. The van der Waals surface area contributed by atoms with Crippen LogP contribution < -0.4 is 15.4 Å². The molecule has 0 aliphatic carbocycles. The fourth-order valence-electron chi connectivity index (χ4n) is 2.61. The number of carbonyl (C=O) groups is 2. The van der Waals surface area contributed by atoms with Crippen LogP contribution in [0.2, 0.25) is 0 Å². The van der Waals surface area contributed by atoms with Crippen molar-refractivity contribution >= 4 is 33.2 Å². The maximum atomic E-state index is 12.4. The second kappa shape index (κ2) is 7.57. The fourth-order valence-corrected chi connectivity index (χ4v) is 3.58. The quantitative estimate of drug-likeness (QED) is 0.802. The molecule has 0 fully saturated rings. The molecule has 8 heteroatoms. The van der Waals surface area contributed by atoms with Crippen LogP contribution in [0.1, 0.15) is 21.5 Å². The van der Waals surface area contributed by atoms with E-state index in [1.54, 1.807) is 26.0 Å². The number of rotatable bonds is 6. The van der Waals surface area contributed by atoms with Crippen LogP contribution in [-0.2, 0) is 14.8 Å². The van der Waals surface area contributed by atoms with Crippen LogP contribution in [-0.4, -0.2) is 33.0 Å². The van der Waals surface area contributed by atoms with E-state index in [4.69, 9.17) is 5.73 Å². The summed E-state index contributed by atoms with van der Waals surface area (Å²) in [5.41, 5.74) is 7.94. The van der Waals surface area contributed by atoms with Gasteiger partial charge in [-0.2, -0.15) is 0 Å². The zero-order chi connectivity index (χ0) is 19.5. The van der Waals surface area contributed by atoms with Gasteiger partial charge >= 0.3 is 0 Å². The predicted molar refractivity (Wildman–Crippen MR) is 102 cm³/mol. The molecular weight excluding hydrogens is 354 g/mol. The summed E-state index contributed by atoms with van der Waals surface area (Å²) >= 11 is 0. The molecule has 2 aromatic carbocycles. The van der Waals surface area contributed by atoms with Gasteiger partial charge in [-0.3, -0.25) is 13.9 Å². The van der Waals surface area contributed by atoms with Gasteiger partial charge in [0.05, 0.1) is 11.9 Å². The van der Waals surface area contributed by atoms with Gasteiger partial charge in [0.15, 0.2) is 0 Å². The zero-order valence-electron chi connectivity index (χ0n) is 14.8. The summed E-state index contributed by atoms with van der Waals surface area (Å²) in [4.78, 5) is 23.4. The van der Waals surface area contributed by atoms with E-state index >= 15 is 0 Å². The van der Waals surface area contributed by atoms with Crippen LogP contribution >= 0.6 is 0 Å². The van der Waals surface area contributed by atoms with Crippen molar-refractivity contribution in [1.29, 1.82) is 0 Å². The Balaban J connectivity index is 2.24. The number of anilines is 2. The fraction of sp³-hybridized carbons (Fsp3) is 0.222. The lowest BCUT2D eigenvalue weighted by Crippen LogP contribution is -2.38. The Bertz CT molecular complexity index is 917. The molecule has 0 radical (unpaired) electrons. The Morgan fingerprint density at radius 3 is 2.04 bits per heavy atom. The van der Waals surface area contributed by atoms with Crippen LogP contribution in [0.3, 0.4) is 0 Å². The summed E-state index contributed by atoms with van der Waals surface area (Å²) in [5, 5.41) is 2.62. The summed E-state index contributed by atoms with van der Waals surface area (Å²) in [6, 6.07) is 11.4. The van der Waals surface area contributed by atoms with Gasteiger partial charge in [-0.25, -0.2) is 8.42 Å². The minimum Gasteiger partial charge on any atom is -0.366 e. The molecule has 3 N–H and O–H groups in total. The highest BCUT2D eigenvalue weighted by Crippen LogP contribution is 2.26. The minimum atomic E-state index is -3.66. The molecule has 0 saturated heterocycles. The van der Waals surface area contributed by atoms with Crippen molar-refractivity contribution in [2.24, 2.45) is 5.73 Å². The van der Waals surface area contributed by atoms with Crippen molar-refractivity contribution < 1.29 is 18.0 Å². The van der Waals surface area contributed by atoms with Crippen molar-refractivity contribution in [3.63, 3.8) is 0 Å². The topological polar surface area (TPSA) is 110 Å². The number of aryl methyl sites for hydroxylation is 2. The van der Waals surface area contributed by atoms with E-state index in [9.17, 15) is 18.0 Å². The molecule has 138 valence electrons. The highest BCUT2D eigenvalue weighted by molar-refractivity contribution is 7.92. The van der Waals surface area contributed by atoms with E-state index in [1.165, 1.54) is 24.3 Å². The molecule has 2 aromatic rings. The molecule has 0 heterocycles. The first-order valence-electron chi connectivity index (χ1n) is 7.83. The standard InChI is InChI=1S/C18H21N3O4S/c1-12-5-4-6-13(2)17(12)21(26(3,24)25)11-16(22)20-15-9-7-14(8-10-15)18(19)23/h4-10H,11H2,1-3H3,(H2,19,23)(H,20,22). The molecule has 0 aliphatic heterocycles. The average molecular weight is 375 g/mol. The van der Waals surface area contributed by atoms with Crippen LogP contribution in [0.4, 0.5) is 11.4 Å². The second-order valence-electron chi connectivity index (χ2n) is 6.00. The Labute approximate surface area is 152 Å². The maximum Gasteiger partial charge on any atom is 0.248 e. The number of primary amides is 1. The Morgan fingerprint density at radius 2 is 1.58 bits per heavy atom. The van der Waals surface area contributed by atoms with Gasteiger partial charge in [0.25, 0.3) is 0 Å². The summed E-state index contributed by atoms with van der Waals surface area (Å²) in [6.45, 7) is 3.23. The lowest BCUT2D eigenvalue weighted by atomic mass is 10.1. The second-order valence-corrected chi connectivity index (χ2v) is 7.91. The Morgan fingerprint density at radius 1 is 1.04 bits per heavy atom. The number of carbonyl (C=O) groups excluding carboxylic acids is 2. The lowest BCUT2D eigenvalue weighted by Gasteiger charge is -2.25. The third kappa shape index (κ3) is 4.60. The first-order valence-corrected chi connectivity index (χ1v) is 9.68. The zero-order valence-corrected chi connectivity index (χ0v) is 15.6. The third-order valence-corrected chi connectivity index (χ3v) is 4.94. The number of para-hydroxylation sites is 1. The maximum absolute atomic E-state index is 12.4. The molecule has 0 spiro atoms. The van der Waals surface area contributed by atoms with Crippen molar-refractivity contribution in [2.75, 3.05) is 22.4 Å². The molecule has 7 nitrogen and oxygen atoms in total. The number of nitrogens with two attached hydrogens (primary N) is 1. The monoisotopic (exact) mass is 375 g/mol. The van der Waals surface area contributed by atoms with Crippen LogP contribution in [0.25, 0.3) is 0 Å². The molecule has 2 rings (SSSR count). The Hall–Kier alpha value is -2.87. The number of hydrogen-bond donors (Lipinski definition) is 2. The van der Waals surface area contributed by atoms with Gasteiger partial charge in [0, 0.05) is 11.3 Å². The number of sulfonamides is 1. The molecular formula is C18H21N3O4S. The number of amides is 2. The molecule has 0 atom stereocenters. The largest absolute Gasteiger partial charge is 0.366 e. The number of nitrogens with one attached hydrogen (secondary N) is 1. The van der Waals surface area contributed by atoms with Gasteiger partial charge < -0.3 is 11.1 Å². The van der Waals surface area contributed by atoms with Crippen molar-refractivity contribution in [1.82, 2.24) is 0 Å². The average Bonchev–Trinajstić information content (AvgIpc) is 2.53. The summed E-state index contributed by atoms with van der Waals surface area (Å²) < 4.78 is 25.6. The van der Waals surface area contributed by atoms with Crippen LogP contribution in [0, 0.1) is 13.8 Å². The van der Waals surface area contributed by atoms with Crippen LogP contribution in [0.5, 0.6) is 0 Å². The smallest absolute Gasteiger partial charge is 0.248 e. The number of nitrogens with zero attached hydrogens (tertiary/aromatic N) is 1. The molecule has 2 amide bonds. The lowest BCUT2D eigenvalue weighted by molar-refractivity contribution is -0.114. The number of benzene rings is 2. The van der Waals surface area contributed by atoms with Gasteiger partial charge in [-0.15, -0.1) is 0 Å². The van der Waals surface area contributed by atoms with Crippen LogP contribution in [0.15, 0.2) is 42.5 Å². The normalized spacial score (nSPS) is 11.0. The minimum absolute atomic E-state index is 0.316. The van der Waals surface area contributed by atoms with Gasteiger partial charge in [-0.05, 0) is 49.2 Å². The highest BCUT2D eigenvalue weighted by atomic mass is 32.2. The van der Waals surface area contributed by atoms with Gasteiger partial charge in [-0.1, -0.05) is 18.2 Å². The molecule has 0 aliphatic rings.